The molecule has 0 saturated carbocycles. The Kier molecular flexibility index (Phi) is 5.25. The van der Waals surface area contributed by atoms with Gasteiger partial charge < -0.3 is 10.1 Å². The molecule has 2 heteroatoms. The number of benzene rings is 2. The first-order chi connectivity index (χ1) is 10.8. The second-order valence-corrected chi connectivity index (χ2v) is 6.17. The second-order valence-electron chi connectivity index (χ2n) is 6.17. The maximum atomic E-state index is 5.42. The third kappa shape index (κ3) is 3.96. The van der Waals surface area contributed by atoms with E-state index in [4.69, 9.17) is 4.74 Å². The van der Waals surface area contributed by atoms with Crippen molar-refractivity contribution >= 4 is 0 Å². The molecule has 1 heterocycles. The van der Waals surface area contributed by atoms with E-state index in [-0.39, 0.29) is 0 Å². The van der Waals surface area contributed by atoms with Gasteiger partial charge in [0.25, 0.3) is 0 Å². The van der Waals surface area contributed by atoms with Gasteiger partial charge in [-0.3, -0.25) is 0 Å². The summed E-state index contributed by atoms with van der Waals surface area (Å²) in [5.41, 5.74) is 3.91. The van der Waals surface area contributed by atoms with Gasteiger partial charge in [-0.25, -0.2) is 0 Å². The fourth-order valence-corrected chi connectivity index (χ4v) is 3.01. The van der Waals surface area contributed by atoms with Crippen LogP contribution in [-0.4, -0.2) is 19.8 Å². The SMILES string of the molecule is CC(NCC1CCOCC1)c1ccc(-c2ccccc2)cc1. The molecule has 0 radical (unpaired) electrons. The summed E-state index contributed by atoms with van der Waals surface area (Å²) in [4.78, 5) is 0. The zero-order valence-electron chi connectivity index (χ0n) is 13.3. The third-order valence-corrected chi connectivity index (χ3v) is 4.57. The maximum absolute atomic E-state index is 5.42. The quantitative estimate of drug-likeness (QED) is 0.881. The maximum Gasteiger partial charge on any atom is 0.0469 e. The van der Waals surface area contributed by atoms with E-state index in [2.05, 4.69) is 66.8 Å². The van der Waals surface area contributed by atoms with Gasteiger partial charge in [-0.15, -0.1) is 0 Å². The van der Waals surface area contributed by atoms with Crippen molar-refractivity contribution in [1.29, 1.82) is 0 Å². The minimum atomic E-state index is 0.396. The van der Waals surface area contributed by atoms with E-state index in [0.717, 1.165) is 25.7 Å². The number of hydrogen-bond acceptors (Lipinski definition) is 2. The monoisotopic (exact) mass is 295 g/mol. The molecule has 0 spiro atoms. The van der Waals surface area contributed by atoms with Gasteiger partial charge in [-0.1, -0.05) is 54.6 Å². The Hall–Kier alpha value is -1.64. The predicted molar refractivity (Wildman–Crippen MR) is 91.8 cm³/mol. The molecule has 1 unspecified atom stereocenters. The van der Waals surface area contributed by atoms with Crippen LogP contribution in [0.2, 0.25) is 0 Å². The summed E-state index contributed by atoms with van der Waals surface area (Å²) < 4.78 is 5.42. The Balaban J connectivity index is 1.57. The highest BCUT2D eigenvalue weighted by molar-refractivity contribution is 5.63. The molecule has 1 N–H and O–H groups in total. The molecule has 0 amide bonds. The molecule has 22 heavy (non-hydrogen) atoms. The lowest BCUT2D eigenvalue weighted by molar-refractivity contribution is 0.0656. The molecular weight excluding hydrogens is 270 g/mol. The molecule has 1 aliphatic heterocycles. The van der Waals surface area contributed by atoms with Gasteiger partial charge in [0.05, 0.1) is 0 Å². The molecule has 0 bridgehead atoms. The van der Waals surface area contributed by atoms with E-state index >= 15 is 0 Å². The Morgan fingerprint density at radius 3 is 2.27 bits per heavy atom. The van der Waals surface area contributed by atoms with Crippen molar-refractivity contribution in [2.24, 2.45) is 5.92 Å². The minimum Gasteiger partial charge on any atom is -0.381 e. The summed E-state index contributed by atoms with van der Waals surface area (Å²) in [5.74, 6) is 0.764. The van der Waals surface area contributed by atoms with Crippen molar-refractivity contribution in [3.63, 3.8) is 0 Å². The number of nitrogens with one attached hydrogen (secondary N) is 1. The van der Waals surface area contributed by atoms with E-state index in [9.17, 15) is 0 Å². The van der Waals surface area contributed by atoms with Crippen molar-refractivity contribution in [1.82, 2.24) is 5.32 Å². The van der Waals surface area contributed by atoms with Crippen LogP contribution >= 0.6 is 0 Å². The van der Waals surface area contributed by atoms with Crippen LogP contribution in [0.4, 0.5) is 0 Å². The molecule has 2 nitrogen and oxygen atoms in total. The summed E-state index contributed by atoms with van der Waals surface area (Å²) in [6, 6.07) is 19.8. The Morgan fingerprint density at radius 1 is 0.955 bits per heavy atom. The van der Waals surface area contributed by atoms with Gasteiger partial charge in [-0.2, -0.15) is 0 Å². The lowest BCUT2D eigenvalue weighted by Crippen LogP contribution is -2.29. The zero-order chi connectivity index (χ0) is 15.2. The topological polar surface area (TPSA) is 21.3 Å². The summed E-state index contributed by atoms with van der Waals surface area (Å²) in [6.07, 6.45) is 2.37. The van der Waals surface area contributed by atoms with E-state index in [0.29, 0.717) is 6.04 Å². The van der Waals surface area contributed by atoms with E-state index in [1.165, 1.54) is 29.5 Å². The summed E-state index contributed by atoms with van der Waals surface area (Å²) in [5, 5.41) is 3.67. The lowest BCUT2D eigenvalue weighted by atomic mass is 9.98. The lowest BCUT2D eigenvalue weighted by Gasteiger charge is -2.24. The molecule has 116 valence electrons. The fourth-order valence-electron chi connectivity index (χ4n) is 3.01. The largest absolute Gasteiger partial charge is 0.381 e. The summed E-state index contributed by atoms with van der Waals surface area (Å²) >= 11 is 0. The first-order valence-corrected chi connectivity index (χ1v) is 8.29. The molecule has 1 atom stereocenters. The van der Waals surface area contributed by atoms with Crippen LogP contribution in [0.1, 0.15) is 31.4 Å². The van der Waals surface area contributed by atoms with E-state index in [1.807, 2.05) is 0 Å². The van der Waals surface area contributed by atoms with E-state index < -0.39 is 0 Å². The molecule has 2 aromatic carbocycles. The fraction of sp³-hybridized carbons (Fsp3) is 0.400. The average molecular weight is 295 g/mol. The highest BCUT2D eigenvalue weighted by atomic mass is 16.5. The van der Waals surface area contributed by atoms with Gasteiger partial charge in [0.15, 0.2) is 0 Å². The Labute approximate surface area is 133 Å². The van der Waals surface area contributed by atoms with Crippen molar-refractivity contribution < 1.29 is 4.74 Å². The van der Waals surface area contributed by atoms with Crippen LogP contribution in [-0.2, 0) is 4.74 Å². The average Bonchev–Trinajstić information content (AvgIpc) is 2.61. The minimum absolute atomic E-state index is 0.396. The van der Waals surface area contributed by atoms with Crippen molar-refractivity contribution in [2.45, 2.75) is 25.8 Å². The summed E-state index contributed by atoms with van der Waals surface area (Å²) in [6.45, 7) is 5.18. The molecule has 1 fully saturated rings. The predicted octanol–water partition coefficient (Wildman–Crippen LogP) is 4.43. The van der Waals surface area contributed by atoms with Gasteiger partial charge in [-0.05, 0) is 48.9 Å². The van der Waals surface area contributed by atoms with Gasteiger partial charge in [0.2, 0.25) is 0 Å². The van der Waals surface area contributed by atoms with Crippen LogP contribution in [0, 0.1) is 5.92 Å². The molecule has 2 aromatic rings. The summed E-state index contributed by atoms with van der Waals surface area (Å²) in [7, 11) is 0. The highest BCUT2D eigenvalue weighted by Gasteiger charge is 2.15. The number of rotatable bonds is 5. The van der Waals surface area contributed by atoms with Crippen LogP contribution in [0.25, 0.3) is 11.1 Å². The van der Waals surface area contributed by atoms with Gasteiger partial charge in [0.1, 0.15) is 0 Å². The molecule has 0 aromatic heterocycles. The van der Waals surface area contributed by atoms with Crippen LogP contribution in [0.15, 0.2) is 54.6 Å². The first kappa shape index (κ1) is 15.3. The molecule has 1 aliphatic rings. The van der Waals surface area contributed by atoms with Crippen LogP contribution in [0.3, 0.4) is 0 Å². The molecule has 1 saturated heterocycles. The first-order valence-electron chi connectivity index (χ1n) is 8.29. The standard InChI is InChI=1S/C20H25NO/c1-16(21-15-17-11-13-22-14-12-17)18-7-9-20(10-8-18)19-5-3-2-4-6-19/h2-10,16-17,21H,11-15H2,1H3. The van der Waals surface area contributed by atoms with Crippen molar-refractivity contribution in [3.8, 4) is 11.1 Å². The van der Waals surface area contributed by atoms with E-state index in [1.54, 1.807) is 0 Å². The second kappa shape index (κ2) is 7.57. The zero-order valence-corrected chi connectivity index (χ0v) is 13.3. The van der Waals surface area contributed by atoms with Gasteiger partial charge >= 0.3 is 0 Å². The smallest absolute Gasteiger partial charge is 0.0469 e. The van der Waals surface area contributed by atoms with Crippen molar-refractivity contribution in [2.75, 3.05) is 19.8 Å². The van der Waals surface area contributed by atoms with Crippen molar-refractivity contribution in [3.05, 3.63) is 60.2 Å². The molecular formula is C20H25NO. The Morgan fingerprint density at radius 2 is 1.59 bits per heavy atom. The highest BCUT2D eigenvalue weighted by Crippen LogP contribution is 2.22. The Bertz CT molecular complexity index is 558. The normalized spacial score (nSPS) is 17.3. The molecule has 3 rings (SSSR count). The van der Waals surface area contributed by atoms with Crippen LogP contribution < -0.4 is 5.32 Å². The third-order valence-electron chi connectivity index (χ3n) is 4.57. The number of ether oxygens (including phenoxy) is 1. The van der Waals surface area contributed by atoms with Gasteiger partial charge in [0, 0.05) is 19.3 Å². The molecule has 0 aliphatic carbocycles. The number of hydrogen-bond donors (Lipinski definition) is 1. The van der Waals surface area contributed by atoms with Crippen LogP contribution in [0.5, 0.6) is 0 Å².